The van der Waals surface area contributed by atoms with Crippen molar-refractivity contribution < 1.29 is 23.0 Å². The van der Waals surface area contributed by atoms with Gasteiger partial charge in [-0.05, 0) is 69.2 Å². The molecule has 9 rings (SSSR count). The smallest absolute Gasteiger partial charge is 0.319 e. The molecule has 0 radical (unpaired) electrons. The molecule has 4 aromatic rings. The number of aryl methyl sites for hydroxylation is 1. The number of esters is 1. The van der Waals surface area contributed by atoms with Crippen molar-refractivity contribution in [3.8, 4) is 17.3 Å². The number of aromatic nitrogens is 5. The molecule has 6 bridgehead atoms. The number of piperidine rings is 1. The number of carbonyl (C=O) groups is 1. The second-order valence-corrected chi connectivity index (χ2v) is 13.2. The number of alkyl halides is 1. The highest BCUT2D eigenvalue weighted by molar-refractivity contribution is 5.99. The van der Waals surface area contributed by atoms with Gasteiger partial charge in [0, 0.05) is 55.5 Å². The topological polar surface area (TPSA) is 109 Å². The van der Waals surface area contributed by atoms with Gasteiger partial charge in [-0.3, -0.25) is 19.8 Å². The van der Waals surface area contributed by atoms with Gasteiger partial charge >= 0.3 is 12.0 Å². The molecule has 0 spiro atoms. The molecule has 1 N–H and O–H groups in total. The van der Waals surface area contributed by atoms with E-state index >= 15 is 4.39 Å². The highest BCUT2D eigenvalue weighted by Crippen LogP contribution is 2.42. The Bertz CT molecular complexity index is 1800. The maximum absolute atomic E-state index is 17.0. The van der Waals surface area contributed by atoms with Gasteiger partial charge in [0.05, 0.1) is 29.2 Å². The molecule has 1 aromatic carbocycles. The number of pyridine rings is 1. The van der Waals surface area contributed by atoms with Crippen LogP contribution in [0.15, 0.2) is 18.5 Å². The molecule has 236 valence electrons. The van der Waals surface area contributed by atoms with E-state index in [1.807, 2.05) is 13.0 Å². The Kier molecular flexibility index (Phi) is 7.07. The van der Waals surface area contributed by atoms with E-state index in [1.54, 1.807) is 12.4 Å². The number of benzene rings is 1. The quantitative estimate of drug-likeness (QED) is 0.315. The molecule has 3 fully saturated rings. The van der Waals surface area contributed by atoms with E-state index in [2.05, 4.69) is 25.0 Å². The molecule has 45 heavy (non-hydrogen) atoms. The summed E-state index contributed by atoms with van der Waals surface area (Å²) in [7, 11) is 0. The van der Waals surface area contributed by atoms with E-state index in [0.29, 0.717) is 62.3 Å². The number of fused-ring (bicyclic) bond motifs is 8. The number of halogens is 2. The number of ether oxygens (including phenoxy) is 2. The first-order valence-corrected chi connectivity index (χ1v) is 16.1. The van der Waals surface area contributed by atoms with E-state index in [9.17, 15) is 9.18 Å². The van der Waals surface area contributed by atoms with Crippen molar-refractivity contribution >= 4 is 33.6 Å². The molecule has 5 aliphatic rings. The third-order valence-electron chi connectivity index (χ3n) is 10.3. The Hall–Kier alpha value is -3.93. The monoisotopic (exact) mass is 617 g/mol. The van der Waals surface area contributed by atoms with Crippen molar-refractivity contribution in [3.63, 3.8) is 0 Å². The van der Waals surface area contributed by atoms with E-state index in [1.165, 1.54) is 0 Å². The molecule has 3 saturated heterocycles. The first-order valence-electron chi connectivity index (χ1n) is 16.1. The number of nitrogens with zero attached hydrogens (tertiary/aromatic N) is 6. The highest BCUT2D eigenvalue weighted by Gasteiger charge is 2.49. The molecule has 12 heteroatoms. The molecule has 0 saturated carbocycles. The fourth-order valence-corrected chi connectivity index (χ4v) is 8.10. The Labute approximate surface area is 259 Å². The van der Waals surface area contributed by atoms with Gasteiger partial charge in [-0.15, -0.1) is 0 Å². The SMILES string of the molecule is Cc1cc2[nH]ncc2c2c1CCCC(=O)OC[C@@H]1CCCN(C1)c1nc(OC[C@@]34CCCN3C[C@H](F)C4)nc3c(F)c-2ncc13. The Morgan fingerprint density at radius 2 is 2.04 bits per heavy atom. The van der Waals surface area contributed by atoms with Crippen LogP contribution < -0.4 is 9.64 Å². The maximum atomic E-state index is 17.0. The minimum Gasteiger partial charge on any atom is -0.465 e. The van der Waals surface area contributed by atoms with Crippen LogP contribution in [0.25, 0.3) is 33.1 Å². The van der Waals surface area contributed by atoms with Crippen LogP contribution >= 0.6 is 0 Å². The third-order valence-corrected chi connectivity index (χ3v) is 10.3. The van der Waals surface area contributed by atoms with Crippen LogP contribution in [0.4, 0.5) is 14.6 Å². The second kappa shape index (κ2) is 11.1. The van der Waals surface area contributed by atoms with Crippen LogP contribution in [0.5, 0.6) is 6.01 Å². The Morgan fingerprint density at radius 1 is 1.13 bits per heavy atom. The number of anilines is 1. The molecule has 0 aliphatic carbocycles. The van der Waals surface area contributed by atoms with Crippen LogP contribution in [0.3, 0.4) is 0 Å². The van der Waals surface area contributed by atoms with E-state index in [-0.39, 0.29) is 42.1 Å². The third kappa shape index (κ3) is 4.97. The summed E-state index contributed by atoms with van der Waals surface area (Å²) in [4.78, 5) is 31.3. The second-order valence-electron chi connectivity index (χ2n) is 13.2. The lowest BCUT2D eigenvalue weighted by atomic mass is 9.91. The Morgan fingerprint density at radius 3 is 2.96 bits per heavy atom. The van der Waals surface area contributed by atoms with Crippen molar-refractivity contribution in [1.82, 2.24) is 30.0 Å². The van der Waals surface area contributed by atoms with Crippen molar-refractivity contribution in [2.45, 2.75) is 70.0 Å². The van der Waals surface area contributed by atoms with Gasteiger partial charge in [0.1, 0.15) is 29.8 Å². The Balaban J connectivity index is 1.29. The number of nitrogens with one attached hydrogen (secondary N) is 1. The fourth-order valence-electron chi connectivity index (χ4n) is 8.10. The summed E-state index contributed by atoms with van der Waals surface area (Å²) in [5.74, 6) is -0.117. The summed E-state index contributed by atoms with van der Waals surface area (Å²) >= 11 is 0. The molecular weight excluding hydrogens is 580 g/mol. The average molecular weight is 618 g/mol. The minimum atomic E-state index is -0.887. The predicted octanol–water partition coefficient (Wildman–Crippen LogP) is 5.07. The zero-order valence-electron chi connectivity index (χ0n) is 25.5. The lowest BCUT2D eigenvalue weighted by molar-refractivity contribution is -0.145. The molecule has 5 aliphatic heterocycles. The highest BCUT2D eigenvalue weighted by atomic mass is 19.1. The summed E-state index contributed by atoms with van der Waals surface area (Å²) in [6.07, 6.45) is 7.90. The van der Waals surface area contributed by atoms with Crippen molar-refractivity contribution in [2.75, 3.05) is 44.3 Å². The first-order chi connectivity index (χ1) is 21.9. The molecule has 3 aromatic heterocycles. The van der Waals surface area contributed by atoms with E-state index < -0.39 is 17.5 Å². The van der Waals surface area contributed by atoms with Gasteiger partial charge in [-0.1, -0.05) is 0 Å². The predicted molar refractivity (Wildman–Crippen MR) is 164 cm³/mol. The van der Waals surface area contributed by atoms with Gasteiger partial charge in [0.25, 0.3) is 0 Å². The average Bonchev–Trinajstić information content (AvgIpc) is 3.73. The zero-order chi connectivity index (χ0) is 30.7. The van der Waals surface area contributed by atoms with Crippen LogP contribution in [-0.4, -0.2) is 87.1 Å². The standard InChI is InChI=1S/C33H37F2N7O3/c1-19-11-25-23(14-37-40-25)27-22(19)6-2-7-26(43)44-17-20-5-3-9-41(15-20)31-24-13-36-30(27)28(35)29(24)38-32(39-31)45-18-33-8-4-10-42(33)16-21(34)12-33/h11,13-14,20-21H,2-10,12,15-18H2,1H3,(H,37,40)/t20-,21-,33+/m1/s1. The van der Waals surface area contributed by atoms with Gasteiger partial charge in [0.2, 0.25) is 0 Å². The zero-order valence-corrected chi connectivity index (χ0v) is 25.5. The number of aromatic amines is 1. The molecule has 0 unspecified atom stereocenters. The van der Waals surface area contributed by atoms with Crippen LogP contribution in [0, 0.1) is 18.7 Å². The van der Waals surface area contributed by atoms with Gasteiger partial charge in [-0.2, -0.15) is 15.1 Å². The largest absolute Gasteiger partial charge is 0.465 e. The maximum Gasteiger partial charge on any atom is 0.319 e. The van der Waals surface area contributed by atoms with Crippen LogP contribution in [0.1, 0.15) is 56.1 Å². The normalized spacial score (nSPS) is 25.7. The number of hydrogen-bond acceptors (Lipinski definition) is 9. The number of hydrogen-bond donors (Lipinski definition) is 1. The molecule has 10 nitrogen and oxygen atoms in total. The van der Waals surface area contributed by atoms with Gasteiger partial charge in [0.15, 0.2) is 5.82 Å². The first kappa shape index (κ1) is 28.5. The summed E-state index contributed by atoms with van der Waals surface area (Å²) in [6, 6.07) is 2.07. The number of rotatable bonds is 3. The summed E-state index contributed by atoms with van der Waals surface area (Å²) in [5.41, 5.74) is 3.19. The van der Waals surface area contributed by atoms with Crippen LogP contribution in [0.2, 0.25) is 0 Å². The lowest BCUT2D eigenvalue weighted by Crippen LogP contribution is -2.43. The van der Waals surface area contributed by atoms with Gasteiger partial charge < -0.3 is 14.4 Å². The summed E-state index contributed by atoms with van der Waals surface area (Å²) < 4.78 is 43.5. The molecule has 8 heterocycles. The van der Waals surface area contributed by atoms with E-state index in [0.717, 1.165) is 54.3 Å². The summed E-state index contributed by atoms with van der Waals surface area (Å²) in [6.45, 7) is 5.11. The van der Waals surface area contributed by atoms with E-state index in [4.69, 9.17) is 19.4 Å². The molecule has 3 atom stereocenters. The number of H-pyrrole nitrogens is 1. The molecular formula is C33H37F2N7O3. The summed E-state index contributed by atoms with van der Waals surface area (Å²) in [5, 5.41) is 8.49. The molecule has 0 amide bonds. The van der Waals surface area contributed by atoms with Crippen molar-refractivity contribution in [3.05, 3.63) is 35.4 Å². The minimum absolute atomic E-state index is 0.0738. The van der Waals surface area contributed by atoms with Gasteiger partial charge in [-0.25, -0.2) is 8.78 Å². The number of carbonyl (C=O) groups excluding carboxylic acids is 1. The van der Waals surface area contributed by atoms with Crippen LogP contribution in [-0.2, 0) is 16.0 Å². The lowest BCUT2D eigenvalue weighted by Gasteiger charge is -2.34. The fraction of sp³-hybridized carbons (Fsp3) is 0.545. The van der Waals surface area contributed by atoms with Crippen molar-refractivity contribution in [2.24, 2.45) is 5.92 Å². The van der Waals surface area contributed by atoms with Crippen molar-refractivity contribution in [1.29, 1.82) is 0 Å².